The van der Waals surface area contributed by atoms with E-state index in [0.29, 0.717) is 44.3 Å². The number of carbonyl (C=O) groups excluding carboxylic acids is 1. The lowest BCUT2D eigenvalue weighted by atomic mass is 9.90. The molecule has 2 aliphatic rings. The molecule has 0 spiro atoms. The van der Waals surface area contributed by atoms with E-state index < -0.39 is 10.0 Å². The lowest BCUT2D eigenvalue weighted by molar-refractivity contribution is 0.0300. The number of ether oxygens (including phenoxy) is 1. The average molecular weight is 413 g/mol. The number of amides is 1. The van der Waals surface area contributed by atoms with Crippen molar-refractivity contribution in [2.24, 2.45) is 5.92 Å². The van der Waals surface area contributed by atoms with Gasteiger partial charge < -0.3 is 9.64 Å². The number of thioether (sulfide) groups is 1. The van der Waals surface area contributed by atoms with E-state index in [4.69, 9.17) is 4.74 Å². The van der Waals surface area contributed by atoms with Crippen LogP contribution >= 0.6 is 11.8 Å². The van der Waals surface area contributed by atoms with Gasteiger partial charge in [-0.3, -0.25) is 4.79 Å². The number of nitrogens with zero attached hydrogens (tertiary/aromatic N) is 1. The van der Waals surface area contributed by atoms with Crippen LogP contribution in [0.2, 0.25) is 0 Å². The van der Waals surface area contributed by atoms with Crippen molar-refractivity contribution in [3.63, 3.8) is 0 Å². The number of nitrogens with one attached hydrogen (secondary N) is 1. The summed E-state index contributed by atoms with van der Waals surface area (Å²) in [5.41, 5.74) is 0.449. The van der Waals surface area contributed by atoms with Crippen molar-refractivity contribution in [3.8, 4) is 0 Å². The molecule has 1 N–H and O–H groups in total. The van der Waals surface area contributed by atoms with Crippen LogP contribution in [0.15, 0.2) is 28.0 Å². The Hall–Kier alpha value is -1.09. The molecule has 8 heteroatoms. The number of hydrogen-bond donors (Lipinski definition) is 1. The summed E-state index contributed by atoms with van der Waals surface area (Å²) >= 11 is 1.45. The lowest BCUT2D eigenvalue weighted by Crippen LogP contribution is -2.41. The van der Waals surface area contributed by atoms with E-state index in [1.54, 1.807) is 17.0 Å². The van der Waals surface area contributed by atoms with Gasteiger partial charge >= 0.3 is 0 Å². The van der Waals surface area contributed by atoms with Gasteiger partial charge in [-0.25, -0.2) is 13.1 Å². The fourth-order valence-electron chi connectivity index (χ4n) is 3.66. The molecule has 150 valence electrons. The molecule has 0 unspecified atom stereocenters. The molecular weight excluding hydrogens is 384 g/mol. The lowest BCUT2D eigenvalue weighted by Gasteiger charge is -2.27. The molecule has 1 aromatic carbocycles. The summed E-state index contributed by atoms with van der Waals surface area (Å²) in [5, 5.41) is 0. The Balaban J connectivity index is 1.77. The summed E-state index contributed by atoms with van der Waals surface area (Å²) in [6.07, 6.45) is 7.64. The maximum absolute atomic E-state index is 12.9. The molecule has 1 aliphatic heterocycles. The van der Waals surface area contributed by atoms with E-state index >= 15 is 0 Å². The molecule has 0 radical (unpaired) electrons. The van der Waals surface area contributed by atoms with Crippen LogP contribution in [-0.2, 0) is 14.8 Å². The highest BCUT2D eigenvalue weighted by molar-refractivity contribution is 7.98. The highest BCUT2D eigenvalue weighted by Gasteiger charge is 2.24. The fraction of sp³-hybridized carbons (Fsp3) is 0.632. The quantitative estimate of drug-likeness (QED) is 0.727. The topological polar surface area (TPSA) is 75.7 Å². The number of rotatable bonds is 6. The van der Waals surface area contributed by atoms with E-state index in [9.17, 15) is 13.2 Å². The fourth-order valence-corrected chi connectivity index (χ4v) is 5.37. The van der Waals surface area contributed by atoms with E-state index in [0.717, 1.165) is 17.7 Å². The molecule has 0 bridgehead atoms. The Bertz CT molecular complexity index is 755. The van der Waals surface area contributed by atoms with E-state index in [1.165, 1.54) is 37.1 Å². The van der Waals surface area contributed by atoms with E-state index in [-0.39, 0.29) is 10.8 Å². The normalized spacial score (nSPS) is 19.2. The van der Waals surface area contributed by atoms with Gasteiger partial charge in [-0.05, 0) is 43.2 Å². The first-order chi connectivity index (χ1) is 13.0. The number of benzene rings is 1. The molecule has 1 saturated carbocycles. The highest BCUT2D eigenvalue weighted by atomic mass is 32.2. The van der Waals surface area contributed by atoms with Crippen molar-refractivity contribution in [2.75, 3.05) is 39.1 Å². The second-order valence-corrected chi connectivity index (χ2v) is 9.74. The molecule has 0 atom stereocenters. The van der Waals surface area contributed by atoms with Crippen molar-refractivity contribution in [1.82, 2.24) is 9.62 Å². The molecular formula is C19H28N2O4S2. The molecule has 2 fully saturated rings. The first-order valence-corrected chi connectivity index (χ1v) is 12.3. The Morgan fingerprint density at radius 2 is 1.93 bits per heavy atom. The molecule has 1 aliphatic carbocycles. The number of carbonyl (C=O) groups is 1. The van der Waals surface area contributed by atoms with E-state index in [2.05, 4.69) is 4.72 Å². The molecule has 1 aromatic rings. The largest absolute Gasteiger partial charge is 0.378 e. The number of sulfonamides is 1. The maximum Gasteiger partial charge on any atom is 0.255 e. The zero-order valence-electron chi connectivity index (χ0n) is 15.8. The zero-order valence-corrected chi connectivity index (χ0v) is 17.4. The van der Waals surface area contributed by atoms with Gasteiger partial charge in [0.1, 0.15) is 0 Å². The van der Waals surface area contributed by atoms with Crippen LogP contribution in [0.5, 0.6) is 0 Å². The van der Waals surface area contributed by atoms with E-state index in [1.807, 2.05) is 6.26 Å². The first-order valence-electron chi connectivity index (χ1n) is 9.56. The second-order valence-electron chi connectivity index (χ2n) is 7.12. The maximum atomic E-state index is 12.9. The number of morpholine rings is 1. The van der Waals surface area contributed by atoms with Crippen LogP contribution in [-0.4, -0.2) is 58.3 Å². The zero-order chi connectivity index (χ0) is 19.3. The van der Waals surface area contributed by atoms with Gasteiger partial charge in [0.2, 0.25) is 10.0 Å². The molecule has 1 amide bonds. The third-order valence-corrected chi connectivity index (χ3v) is 7.51. The molecule has 6 nitrogen and oxygen atoms in total. The van der Waals surface area contributed by atoms with Crippen LogP contribution in [0.3, 0.4) is 0 Å². The Labute approximate surface area is 166 Å². The standard InChI is InChI=1S/C19H28N2O4S2/c1-26-18-8-7-16(13-17(18)19(22)21-9-11-25-12-10-21)27(23,24)20-14-15-5-3-2-4-6-15/h7-8,13,15,20H,2-6,9-12,14H2,1H3. The summed E-state index contributed by atoms with van der Waals surface area (Å²) in [7, 11) is -3.63. The van der Waals surface area contributed by atoms with Gasteiger partial charge in [0.25, 0.3) is 5.91 Å². The van der Waals surface area contributed by atoms with Crippen molar-refractivity contribution < 1.29 is 17.9 Å². The van der Waals surface area contributed by atoms with Gasteiger partial charge in [-0.2, -0.15) is 0 Å². The van der Waals surface area contributed by atoms with Crippen LogP contribution in [0.4, 0.5) is 0 Å². The average Bonchev–Trinajstić information content (AvgIpc) is 2.72. The van der Waals surface area contributed by atoms with Crippen LogP contribution in [0.1, 0.15) is 42.5 Å². The Morgan fingerprint density at radius 1 is 1.22 bits per heavy atom. The number of hydrogen-bond acceptors (Lipinski definition) is 5. The van der Waals surface area contributed by atoms with Gasteiger partial charge in [-0.1, -0.05) is 19.3 Å². The third-order valence-electron chi connectivity index (χ3n) is 5.30. The molecule has 3 rings (SSSR count). The Kier molecular flexibility index (Phi) is 7.19. The monoisotopic (exact) mass is 412 g/mol. The van der Waals surface area contributed by atoms with Crippen LogP contribution in [0, 0.1) is 5.92 Å². The van der Waals surface area contributed by atoms with Gasteiger partial charge in [0.05, 0.1) is 23.7 Å². The summed E-state index contributed by atoms with van der Waals surface area (Å²) < 4.78 is 33.6. The van der Waals surface area contributed by atoms with Crippen LogP contribution in [0.25, 0.3) is 0 Å². The van der Waals surface area contributed by atoms with Gasteiger partial charge in [0.15, 0.2) is 0 Å². The minimum absolute atomic E-state index is 0.132. The van der Waals surface area contributed by atoms with Crippen molar-refractivity contribution in [3.05, 3.63) is 23.8 Å². The van der Waals surface area contributed by atoms with Crippen molar-refractivity contribution in [2.45, 2.75) is 41.9 Å². The smallest absolute Gasteiger partial charge is 0.255 e. The molecule has 1 saturated heterocycles. The Morgan fingerprint density at radius 3 is 2.59 bits per heavy atom. The highest BCUT2D eigenvalue weighted by Crippen LogP contribution is 2.26. The first kappa shape index (κ1) is 20.6. The summed E-state index contributed by atoms with van der Waals surface area (Å²) in [4.78, 5) is 15.6. The third kappa shape index (κ3) is 5.25. The summed E-state index contributed by atoms with van der Waals surface area (Å²) in [6.45, 7) is 2.56. The summed E-state index contributed by atoms with van der Waals surface area (Å²) in [6, 6.07) is 4.84. The SMILES string of the molecule is CSc1ccc(S(=O)(=O)NCC2CCCCC2)cc1C(=O)N1CCOCC1. The summed E-state index contributed by atoms with van der Waals surface area (Å²) in [5.74, 6) is 0.278. The molecule has 27 heavy (non-hydrogen) atoms. The minimum atomic E-state index is -3.63. The predicted octanol–water partition coefficient (Wildman–Crippen LogP) is 2.74. The van der Waals surface area contributed by atoms with Gasteiger partial charge in [0, 0.05) is 24.5 Å². The van der Waals surface area contributed by atoms with Crippen LogP contribution < -0.4 is 4.72 Å². The van der Waals surface area contributed by atoms with Crippen molar-refractivity contribution in [1.29, 1.82) is 0 Å². The van der Waals surface area contributed by atoms with Crippen molar-refractivity contribution >= 4 is 27.7 Å². The molecule has 1 heterocycles. The predicted molar refractivity (Wildman–Crippen MR) is 107 cm³/mol. The second kappa shape index (κ2) is 9.41. The minimum Gasteiger partial charge on any atom is -0.378 e. The van der Waals surface area contributed by atoms with Gasteiger partial charge in [-0.15, -0.1) is 11.8 Å². The molecule has 0 aromatic heterocycles.